The van der Waals surface area contributed by atoms with Gasteiger partial charge >= 0.3 is 0 Å². The van der Waals surface area contributed by atoms with Gasteiger partial charge in [-0.25, -0.2) is 0 Å². The Bertz CT molecular complexity index is 1210. The lowest BCUT2D eigenvalue weighted by Gasteiger charge is -2.14. The van der Waals surface area contributed by atoms with Crippen LogP contribution in [-0.2, 0) is 0 Å². The average molecular weight is 375 g/mol. The Morgan fingerprint density at radius 1 is 0.963 bits per heavy atom. The van der Waals surface area contributed by atoms with E-state index in [-0.39, 0.29) is 5.43 Å². The van der Waals surface area contributed by atoms with Crippen LogP contribution in [-0.4, -0.2) is 24.2 Å². The van der Waals surface area contributed by atoms with Crippen molar-refractivity contribution < 1.29 is 9.15 Å². The van der Waals surface area contributed by atoms with Crippen LogP contribution in [0.3, 0.4) is 0 Å². The van der Waals surface area contributed by atoms with E-state index in [9.17, 15) is 4.79 Å². The topological polar surface area (TPSA) is 42.7 Å². The van der Waals surface area contributed by atoms with Crippen molar-refractivity contribution in [2.45, 2.75) is 0 Å². The fraction of sp³-hybridized carbons (Fsp3) is 0.0909. The molecule has 0 aliphatic rings. The zero-order valence-corrected chi connectivity index (χ0v) is 15.7. The maximum Gasteiger partial charge on any atom is 0.264 e. The second-order valence-electron chi connectivity index (χ2n) is 6.43. The highest BCUT2D eigenvalue weighted by Gasteiger charge is 2.10. The summed E-state index contributed by atoms with van der Waals surface area (Å²) in [7, 11) is 3.65. The first kappa shape index (κ1) is 17.2. The van der Waals surface area contributed by atoms with Gasteiger partial charge in [0.1, 0.15) is 17.1 Å². The van der Waals surface area contributed by atoms with Crippen molar-refractivity contribution in [2.75, 3.05) is 14.1 Å². The molecule has 4 aromatic rings. The van der Waals surface area contributed by atoms with E-state index in [4.69, 9.17) is 21.4 Å². The summed E-state index contributed by atoms with van der Waals surface area (Å²) in [4.78, 5) is 14.3. The second kappa shape index (κ2) is 6.85. The van der Waals surface area contributed by atoms with E-state index in [0.717, 1.165) is 16.3 Å². The molecule has 0 atom stereocenters. The minimum absolute atomic E-state index is 0.0638. The summed E-state index contributed by atoms with van der Waals surface area (Å²) in [5.74, 6) is 1.15. The van der Waals surface area contributed by atoms with Gasteiger partial charge in [0.15, 0.2) is 5.43 Å². The molecule has 0 saturated heterocycles. The first-order valence-electron chi connectivity index (χ1n) is 8.48. The normalized spacial score (nSPS) is 10.9. The molecule has 1 aromatic heterocycles. The Hall–Kier alpha value is -3.18. The molecular weight excluding hydrogens is 358 g/mol. The molecule has 0 bridgehead atoms. The van der Waals surface area contributed by atoms with E-state index in [1.54, 1.807) is 17.0 Å². The summed E-state index contributed by atoms with van der Waals surface area (Å²) in [6, 6.07) is 20.5. The molecule has 5 heteroatoms. The number of ether oxygens (including phenoxy) is 1. The van der Waals surface area contributed by atoms with Crippen LogP contribution < -0.4 is 10.2 Å². The lowest BCUT2D eigenvalue weighted by molar-refractivity contribution is 0.449. The van der Waals surface area contributed by atoms with Crippen LogP contribution in [0.4, 0.5) is 0 Å². The molecule has 1 heterocycles. The molecule has 0 unspecified atom stereocenters. The van der Waals surface area contributed by atoms with Crippen LogP contribution in [0.1, 0.15) is 0 Å². The lowest BCUT2D eigenvalue weighted by Crippen LogP contribution is -2.24. The van der Waals surface area contributed by atoms with Gasteiger partial charge in [-0.1, -0.05) is 30.3 Å². The molecule has 0 aliphatic heterocycles. The van der Waals surface area contributed by atoms with E-state index in [2.05, 4.69) is 0 Å². The van der Waals surface area contributed by atoms with Crippen molar-refractivity contribution in [3.63, 3.8) is 0 Å². The first-order chi connectivity index (χ1) is 13.0. The molecule has 4 nitrogen and oxygen atoms in total. The van der Waals surface area contributed by atoms with Gasteiger partial charge in [-0.15, -0.1) is 0 Å². The quantitative estimate of drug-likeness (QED) is 0.370. The molecule has 0 radical (unpaired) electrons. The monoisotopic (exact) mass is 375 g/mol. The summed E-state index contributed by atoms with van der Waals surface area (Å²) in [6.07, 6.45) is 0. The zero-order valence-electron chi connectivity index (χ0n) is 14.9. The van der Waals surface area contributed by atoms with Gasteiger partial charge in [-0.2, -0.15) is 0 Å². The summed E-state index contributed by atoms with van der Waals surface area (Å²) >= 11 is 5.14. The van der Waals surface area contributed by atoms with Crippen molar-refractivity contribution in [3.05, 3.63) is 77.0 Å². The smallest absolute Gasteiger partial charge is 0.264 e. The summed E-state index contributed by atoms with van der Waals surface area (Å²) in [5.41, 5.74) is 1.33. The highest BCUT2D eigenvalue weighted by molar-refractivity contribution is 7.80. The fourth-order valence-electron chi connectivity index (χ4n) is 2.90. The van der Waals surface area contributed by atoms with Gasteiger partial charge in [0.25, 0.3) is 5.17 Å². The summed E-state index contributed by atoms with van der Waals surface area (Å²) < 4.78 is 11.7. The highest BCUT2D eigenvalue weighted by Crippen LogP contribution is 2.28. The van der Waals surface area contributed by atoms with Gasteiger partial charge in [0.2, 0.25) is 0 Å². The third-order valence-corrected chi connectivity index (χ3v) is 4.78. The van der Waals surface area contributed by atoms with Crippen molar-refractivity contribution in [2.24, 2.45) is 0 Å². The lowest BCUT2D eigenvalue weighted by atomic mass is 10.1. The Kier molecular flexibility index (Phi) is 4.38. The SMILES string of the molecule is CN(C)C(=S)Oc1ccc(-c2cc(=O)c3ccc4ccccc4c3o2)cc1. The average Bonchev–Trinajstić information content (AvgIpc) is 2.68. The number of fused-ring (bicyclic) bond motifs is 3. The van der Waals surface area contributed by atoms with Crippen molar-refractivity contribution >= 4 is 39.1 Å². The minimum Gasteiger partial charge on any atom is -0.455 e. The molecular formula is C22H17NO3S. The second-order valence-corrected chi connectivity index (χ2v) is 6.77. The Balaban J connectivity index is 1.79. The Morgan fingerprint density at radius 2 is 1.70 bits per heavy atom. The number of benzene rings is 3. The number of rotatable bonds is 2. The molecule has 0 N–H and O–H groups in total. The molecule has 0 amide bonds. The van der Waals surface area contributed by atoms with Crippen LogP contribution in [0, 0.1) is 0 Å². The molecule has 27 heavy (non-hydrogen) atoms. The van der Waals surface area contributed by atoms with Gasteiger partial charge in [0.05, 0.1) is 5.39 Å². The Labute approximate surface area is 161 Å². The van der Waals surface area contributed by atoms with Crippen LogP contribution in [0.5, 0.6) is 5.75 Å². The van der Waals surface area contributed by atoms with Crippen molar-refractivity contribution in [3.8, 4) is 17.1 Å². The van der Waals surface area contributed by atoms with Gasteiger partial charge in [-0.05, 0) is 47.9 Å². The third kappa shape index (κ3) is 3.29. The van der Waals surface area contributed by atoms with E-state index >= 15 is 0 Å². The van der Waals surface area contributed by atoms with Gasteiger partial charge in [-0.3, -0.25) is 4.79 Å². The van der Waals surface area contributed by atoms with E-state index in [1.807, 2.05) is 62.6 Å². The van der Waals surface area contributed by atoms with E-state index in [0.29, 0.717) is 27.7 Å². The van der Waals surface area contributed by atoms with Gasteiger partial charge in [0, 0.05) is 31.1 Å². The maximum atomic E-state index is 12.6. The largest absolute Gasteiger partial charge is 0.455 e. The molecule has 0 spiro atoms. The number of nitrogens with zero attached hydrogens (tertiary/aromatic N) is 1. The van der Waals surface area contributed by atoms with Crippen LogP contribution in [0.25, 0.3) is 33.1 Å². The van der Waals surface area contributed by atoms with Crippen LogP contribution in [0.15, 0.2) is 75.9 Å². The number of hydrogen-bond donors (Lipinski definition) is 0. The van der Waals surface area contributed by atoms with E-state index < -0.39 is 0 Å². The summed E-state index contributed by atoms with van der Waals surface area (Å²) in [5, 5.41) is 2.91. The maximum absolute atomic E-state index is 12.6. The molecule has 0 saturated carbocycles. The Morgan fingerprint density at radius 3 is 2.44 bits per heavy atom. The fourth-order valence-corrected chi connectivity index (χ4v) is 3.00. The molecule has 4 rings (SSSR count). The number of hydrogen-bond acceptors (Lipinski definition) is 4. The first-order valence-corrected chi connectivity index (χ1v) is 8.89. The van der Waals surface area contributed by atoms with Crippen LogP contribution in [0.2, 0.25) is 0 Å². The number of thiocarbonyl (C=S) groups is 1. The standard InChI is InChI=1S/C22H17NO3S/c1-23(2)22(27)25-16-10-7-15(8-11-16)20-13-19(24)18-12-9-14-5-3-4-6-17(14)21(18)26-20/h3-13H,1-2H3. The van der Waals surface area contributed by atoms with Crippen molar-refractivity contribution in [1.29, 1.82) is 0 Å². The summed E-state index contributed by atoms with van der Waals surface area (Å²) in [6.45, 7) is 0. The predicted molar refractivity (Wildman–Crippen MR) is 112 cm³/mol. The van der Waals surface area contributed by atoms with Crippen molar-refractivity contribution in [1.82, 2.24) is 4.90 Å². The molecule has 3 aromatic carbocycles. The molecule has 0 aliphatic carbocycles. The highest BCUT2D eigenvalue weighted by atomic mass is 32.1. The predicted octanol–water partition coefficient (Wildman–Crippen LogP) is 4.84. The minimum atomic E-state index is -0.0638. The third-order valence-electron chi connectivity index (χ3n) is 4.33. The molecule has 134 valence electrons. The zero-order chi connectivity index (χ0) is 19.0. The van der Waals surface area contributed by atoms with Crippen LogP contribution >= 0.6 is 12.2 Å². The van der Waals surface area contributed by atoms with Gasteiger partial charge < -0.3 is 14.1 Å². The molecule has 0 fully saturated rings. The van der Waals surface area contributed by atoms with E-state index in [1.165, 1.54) is 6.07 Å².